The lowest BCUT2D eigenvalue weighted by molar-refractivity contribution is -0.136. The lowest BCUT2D eigenvalue weighted by Gasteiger charge is -2.47. The first-order chi connectivity index (χ1) is 17.1. The molecule has 3 aliphatic rings. The van der Waals surface area contributed by atoms with Crippen molar-refractivity contribution in [2.45, 2.75) is 72.3 Å². The maximum absolute atomic E-state index is 12.0. The van der Waals surface area contributed by atoms with Crippen LogP contribution in [0, 0.1) is 22.3 Å². The summed E-state index contributed by atoms with van der Waals surface area (Å²) in [5, 5.41) is 7.34. The number of nitrogens with one attached hydrogen (secondary N) is 2. The Morgan fingerprint density at radius 1 is 1.28 bits per heavy atom. The van der Waals surface area contributed by atoms with Gasteiger partial charge in [-0.05, 0) is 49.5 Å². The molecule has 0 bridgehead atoms. The van der Waals surface area contributed by atoms with Gasteiger partial charge in [0.2, 0.25) is 11.9 Å². The molecule has 0 saturated carbocycles. The van der Waals surface area contributed by atoms with Crippen LogP contribution in [0.5, 0.6) is 0 Å². The van der Waals surface area contributed by atoms with Gasteiger partial charge in [-0.3, -0.25) is 4.79 Å². The predicted molar refractivity (Wildman–Crippen MR) is 143 cm³/mol. The summed E-state index contributed by atoms with van der Waals surface area (Å²) in [5.74, 6) is 2.18. The lowest BCUT2D eigenvalue weighted by atomic mass is 9.76. The van der Waals surface area contributed by atoms with Crippen LogP contribution in [-0.4, -0.2) is 53.0 Å². The summed E-state index contributed by atoms with van der Waals surface area (Å²) < 4.78 is 0. The van der Waals surface area contributed by atoms with E-state index in [0.717, 1.165) is 75.7 Å². The maximum Gasteiger partial charge on any atom is 0.245 e. The average Bonchev–Trinajstić information content (AvgIpc) is 3.25. The number of hydrogen-bond acceptors (Lipinski definition) is 8. The molecule has 1 aliphatic carbocycles. The molecule has 1 amide bonds. The fourth-order valence-electron chi connectivity index (χ4n) is 5.96. The second kappa shape index (κ2) is 10.2. The van der Waals surface area contributed by atoms with Crippen molar-refractivity contribution in [2.75, 3.05) is 36.4 Å². The topological polar surface area (TPSA) is 124 Å². The summed E-state index contributed by atoms with van der Waals surface area (Å²) >= 11 is 0. The highest BCUT2D eigenvalue weighted by atomic mass is 16.2. The van der Waals surface area contributed by atoms with E-state index in [2.05, 4.69) is 49.6 Å². The van der Waals surface area contributed by atoms with Gasteiger partial charge in [-0.25, -0.2) is 10.5 Å². The van der Waals surface area contributed by atoms with Gasteiger partial charge in [-0.1, -0.05) is 34.3 Å². The normalized spacial score (nSPS) is 21.2. The number of carbonyl (C=O) groups excluding carboxylic acids is 1. The second-order valence-corrected chi connectivity index (χ2v) is 12.2. The molecule has 4 N–H and O–H groups in total. The second-order valence-electron chi connectivity index (χ2n) is 12.2. The Bertz CT molecular complexity index is 1040. The Morgan fingerprint density at radius 3 is 2.67 bits per heavy atom. The first-order valence-corrected chi connectivity index (χ1v) is 13.2. The van der Waals surface area contributed by atoms with Gasteiger partial charge in [-0.15, -0.1) is 0 Å². The predicted octanol–water partition coefficient (Wildman–Crippen LogP) is 4.26. The zero-order valence-electron chi connectivity index (χ0n) is 22.3. The van der Waals surface area contributed by atoms with E-state index >= 15 is 0 Å². The molecule has 0 unspecified atom stereocenters. The van der Waals surface area contributed by atoms with Crippen LogP contribution in [0.4, 0.5) is 11.8 Å². The van der Waals surface area contributed by atoms with Gasteiger partial charge in [0, 0.05) is 55.8 Å². The summed E-state index contributed by atoms with van der Waals surface area (Å²) in [6.07, 6.45) is 8.34. The fraction of sp³-hybridized carbons (Fsp3) is 0.667. The molecule has 2 fully saturated rings. The number of nitrogens with zero attached hydrogens (tertiary/aromatic N) is 5. The SMILES string of the molecule is C=CC(=O)N1CC2(CCN(c3nc4c(c(N[C@H](C/C(=C/N)N=N)CC(C)C)n3)CCC(C)(C)C4)C2)C1. The van der Waals surface area contributed by atoms with Crippen molar-refractivity contribution in [2.24, 2.45) is 27.6 Å². The highest BCUT2D eigenvalue weighted by Gasteiger charge is 2.49. The van der Waals surface area contributed by atoms with Crippen LogP contribution in [0.1, 0.15) is 64.6 Å². The van der Waals surface area contributed by atoms with Crippen LogP contribution >= 0.6 is 0 Å². The van der Waals surface area contributed by atoms with Crippen LogP contribution in [0.3, 0.4) is 0 Å². The van der Waals surface area contributed by atoms with Crippen molar-refractivity contribution in [1.82, 2.24) is 14.9 Å². The van der Waals surface area contributed by atoms with Crippen molar-refractivity contribution in [3.8, 4) is 0 Å². The molecular weight excluding hydrogens is 452 g/mol. The molecule has 1 aromatic rings. The van der Waals surface area contributed by atoms with Gasteiger partial charge in [0.1, 0.15) is 5.82 Å². The van der Waals surface area contributed by atoms with Gasteiger partial charge in [0.05, 0.1) is 11.4 Å². The number of fused-ring (bicyclic) bond motifs is 1. The largest absolute Gasteiger partial charge is 0.403 e. The van der Waals surface area contributed by atoms with Gasteiger partial charge in [0.15, 0.2) is 0 Å². The zero-order chi connectivity index (χ0) is 26.1. The maximum atomic E-state index is 12.0. The van der Waals surface area contributed by atoms with Crippen LogP contribution < -0.4 is 16.0 Å². The number of anilines is 2. The number of amides is 1. The van der Waals surface area contributed by atoms with Crippen molar-refractivity contribution < 1.29 is 4.79 Å². The number of hydrogen-bond donors (Lipinski definition) is 3. The zero-order valence-corrected chi connectivity index (χ0v) is 22.3. The minimum Gasteiger partial charge on any atom is -0.403 e. The van der Waals surface area contributed by atoms with Crippen LogP contribution in [0.15, 0.2) is 29.7 Å². The Morgan fingerprint density at radius 2 is 2.03 bits per heavy atom. The first kappa shape index (κ1) is 26.1. The molecule has 2 aliphatic heterocycles. The monoisotopic (exact) mass is 494 g/mol. The highest BCUT2D eigenvalue weighted by molar-refractivity contribution is 5.87. The summed E-state index contributed by atoms with van der Waals surface area (Å²) in [4.78, 5) is 26.3. The van der Waals surface area contributed by atoms with Crippen LogP contribution in [0.2, 0.25) is 0 Å². The Labute approximate surface area is 215 Å². The molecule has 1 atom stereocenters. The lowest BCUT2D eigenvalue weighted by Crippen LogP contribution is -2.59. The van der Waals surface area contributed by atoms with Crippen molar-refractivity contribution in [3.05, 3.63) is 35.8 Å². The van der Waals surface area contributed by atoms with Crippen molar-refractivity contribution in [3.63, 3.8) is 0 Å². The first-order valence-electron chi connectivity index (χ1n) is 13.2. The van der Waals surface area contributed by atoms with E-state index in [9.17, 15) is 4.79 Å². The Balaban J connectivity index is 1.61. The molecule has 2 saturated heterocycles. The minimum atomic E-state index is 0.0133. The third-order valence-corrected chi connectivity index (χ3v) is 7.93. The highest BCUT2D eigenvalue weighted by Crippen LogP contribution is 2.42. The standard InChI is InChI=1S/C27H42N8O/c1-6-23(36)35-16-27(17-35)9-10-34(15-27)25-31-22-13-26(4,5)8-7-21(22)24(32-25)30-19(11-18(2)3)12-20(14-28)33-29/h6,14,18-19,29H,1,7-13,15-17,28H2,2-5H3,(H,30,31,32)/b20-14-,33-29?/t19-/m0/s1. The third kappa shape index (κ3) is 5.55. The van der Waals surface area contributed by atoms with E-state index in [-0.39, 0.29) is 22.8 Å². The molecule has 196 valence electrons. The fourth-order valence-corrected chi connectivity index (χ4v) is 5.96. The molecular formula is C27H42N8O. The quantitative estimate of drug-likeness (QED) is 0.348. The molecule has 9 heteroatoms. The number of nitrogens with two attached hydrogens (primary N) is 1. The number of likely N-dealkylation sites (tertiary alicyclic amines) is 1. The van der Waals surface area contributed by atoms with E-state index in [1.54, 1.807) is 0 Å². The van der Waals surface area contributed by atoms with E-state index in [1.807, 2.05) is 4.90 Å². The van der Waals surface area contributed by atoms with E-state index in [4.69, 9.17) is 21.2 Å². The van der Waals surface area contributed by atoms with Gasteiger partial charge < -0.3 is 20.9 Å². The van der Waals surface area contributed by atoms with E-state index in [1.165, 1.54) is 17.8 Å². The van der Waals surface area contributed by atoms with Crippen LogP contribution in [-0.2, 0) is 17.6 Å². The average molecular weight is 495 g/mol. The summed E-state index contributed by atoms with van der Waals surface area (Å²) in [5.41, 5.74) is 16.4. The van der Waals surface area contributed by atoms with Crippen molar-refractivity contribution >= 4 is 17.7 Å². The molecule has 0 aromatic carbocycles. The molecule has 3 heterocycles. The Kier molecular flexibility index (Phi) is 7.38. The van der Waals surface area contributed by atoms with E-state index in [0.29, 0.717) is 18.0 Å². The number of aromatic nitrogens is 2. The van der Waals surface area contributed by atoms with Gasteiger partial charge in [-0.2, -0.15) is 10.1 Å². The van der Waals surface area contributed by atoms with Crippen molar-refractivity contribution in [1.29, 1.82) is 5.53 Å². The molecule has 1 spiro atoms. The molecule has 9 nitrogen and oxygen atoms in total. The summed E-state index contributed by atoms with van der Waals surface area (Å²) in [6, 6.07) is 0.0747. The van der Waals surface area contributed by atoms with Crippen LogP contribution in [0.25, 0.3) is 0 Å². The molecule has 4 rings (SSSR count). The minimum absolute atomic E-state index is 0.0133. The third-order valence-electron chi connectivity index (χ3n) is 7.93. The smallest absolute Gasteiger partial charge is 0.245 e. The molecule has 36 heavy (non-hydrogen) atoms. The Hall–Kier alpha value is -2.97. The number of rotatable bonds is 9. The molecule has 0 radical (unpaired) electrons. The summed E-state index contributed by atoms with van der Waals surface area (Å²) in [7, 11) is 0. The number of carbonyl (C=O) groups is 1. The van der Waals surface area contributed by atoms with Gasteiger partial charge in [0.25, 0.3) is 0 Å². The molecule has 1 aromatic heterocycles. The summed E-state index contributed by atoms with van der Waals surface area (Å²) in [6.45, 7) is 15.9. The van der Waals surface area contributed by atoms with Gasteiger partial charge >= 0.3 is 0 Å². The van der Waals surface area contributed by atoms with E-state index < -0.39 is 0 Å².